The minimum atomic E-state index is -0.461. The topological polar surface area (TPSA) is 53.1 Å². The van der Waals surface area contributed by atoms with Crippen molar-refractivity contribution >= 4 is 23.2 Å². The lowest BCUT2D eigenvalue weighted by atomic mass is 10.1. The number of carbonyl (C=O) groups is 2. The van der Waals surface area contributed by atoms with Crippen molar-refractivity contribution in [3.8, 4) is 5.75 Å². The van der Waals surface area contributed by atoms with Crippen LogP contribution in [0.1, 0.15) is 6.42 Å². The van der Waals surface area contributed by atoms with Crippen LogP contribution < -0.4 is 14.5 Å². The van der Waals surface area contributed by atoms with Crippen LogP contribution in [0.5, 0.6) is 5.75 Å². The van der Waals surface area contributed by atoms with E-state index in [2.05, 4.69) is 9.80 Å². The fraction of sp³-hybridized carbons (Fsp3) is 0.333. The highest BCUT2D eigenvalue weighted by molar-refractivity contribution is 6.22. The molecule has 2 aromatic carbocycles. The van der Waals surface area contributed by atoms with E-state index < -0.39 is 11.9 Å². The van der Waals surface area contributed by atoms with Crippen molar-refractivity contribution in [2.24, 2.45) is 0 Å². The van der Waals surface area contributed by atoms with Crippen molar-refractivity contribution in [3.05, 3.63) is 54.3 Å². The third-order valence-electron chi connectivity index (χ3n) is 5.39. The number of carbonyl (C=O) groups excluding carboxylic acids is 2. The number of halogens is 1. The summed E-state index contributed by atoms with van der Waals surface area (Å²) in [5.74, 6) is -0.0477. The molecule has 4 rings (SSSR count). The van der Waals surface area contributed by atoms with E-state index in [1.54, 1.807) is 7.11 Å². The van der Waals surface area contributed by atoms with Crippen LogP contribution in [0.3, 0.4) is 0 Å². The molecule has 2 aliphatic rings. The summed E-state index contributed by atoms with van der Waals surface area (Å²) in [6, 6.07) is 12.9. The van der Waals surface area contributed by atoms with Gasteiger partial charge in [-0.15, -0.1) is 0 Å². The first kappa shape index (κ1) is 18.4. The summed E-state index contributed by atoms with van der Waals surface area (Å²) >= 11 is 0. The number of amides is 2. The van der Waals surface area contributed by atoms with Crippen molar-refractivity contribution < 1.29 is 18.7 Å². The Kier molecular flexibility index (Phi) is 5.00. The molecule has 2 saturated heterocycles. The quantitative estimate of drug-likeness (QED) is 0.759. The van der Waals surface area contributed by atoms with Crippen LogP contribution in [0, 0.1) is 5.82 Å². The highest BCUT2D eigenvalue weighted by atomic mass is 19.1. The van der Waals surface area contributed by atoms with Crippen molar-refractivity contribution in [2.45, 2.75) is 12.5 Å². The van der Waals surface area contributed by atoms with Crippen molar-refractivity contribution in [1.82, 2.24) is 4.90 Å². The molecule has 2 aliphatic heterocycles. The number of piperazine rings is 1. The Morgan fingerprint density at radius 1 is 0.964 bits per heavy atom. The minimum absolute atomic E-state index is 0.158. The minimum Gasteiger partial charge on any atom is -0.495 e. The van der Waals surface area contributed by atoms with E-state index in [9.17, 15) is 14.0 Å². The molecule has 0 bridgehead atoms. The van der Waals surface area contributed by atoms with Gasteiger partial charge in [0.15, 0.2) is 0 Å². The van der Waals surface area contributed by atoms with E-state index in [1.807, 2.05) is 24.3 Å². The summed E-state index contributed by atoms with van der Waals surface area (Å²) in [5, 5.41) is 0. The van der Waals surface area contributed by atoms with Crippen molar-refractivity contribution in [2.75, 3.05) is 43.1 Å². The number of para-hydroxylation sites is 2. The molecular formula is C21H22FN3O3. The van der Waals surface area contributed by atoms with Crippen LogP contribution >= 0.6 is 0 Å². The van der Waals surface area contributed by atoms with Gasteiger partial charge in [0.05, 0.1) is 30.9 Å². The van der Waals surface area contributed by atoms with Crippen LogP contribution in [0.2, 0.25) is 0 Å². The first-order chi connectivity index (χ1) is 13.6. The largest absolute Gasteiger partial charge is 0.495 e. The Hall–Kier alpha value is -2.93. The van der Waals surface area contributed by atoms with Gasteiger partial charge in [0.1, 0.15) is 11.6 Å². The first-order valence-corrected chi connectivity index (χ1v) is 9.33. The average molecular weight is 383 g/mol. The maximum atomic E-state index is 13.2. The summed E-state index contributed by atoms with van der Waals surface area (Å²) < 4.78 is 18.6. The normalized spacial score (nSPS) is 20.7. The number of imide groups is 1. The standard InChI is InChI=1S/C21H22FN3O3/c1-28-19-5-3-2-4-17(19)23-10-12-24(13-11-23)18-14-20(26)25(21(18)27)16-8-6-15(22)7-9-16/h2-9,18H,10-14H2,1H3/t18-/m1/s1. The molecule has 0 saturated carbocycles. The molecule has 7 heteroatoms. The maximum Gasteiger partial charge on any atom is 0.251 e. The van der Waals surface area contributed by atoms with Gasteiger partial charge in [0.2, 0.25) is 5.91 Å². The number of hydrogen-bond acceptors (Lipinski definition) is 5. The second kappa shape index (κ2) is 7.59. The summed E-state index contributed by atoms with van der Waals surface area (Å²) in [5.41, 5.74) is 1.46. The van der Waals surface area contributed by atoms with Gasteiger partial charge in [0, 0.05) is 26.2 Å². The maximum absolute atomic E-state index is 13.2. The molecule has 2 heterocycles. The molecule has 146 valence electrons. The van der Waals surface area contributed by atoms with Crippen molar-refractivity contribution in [3.63, 3.8) is 0 Å². The zero-order chi connectivity index (χ0) is 19.7. The SMILES string of the molecule is COc1ccccc1N1CCN([C@@H]2CC(=O)N(c3ccc(F)cc3)C2=O)CC1. The van der Waals surface area contributed by atoms with E-state index in [0.717, 1.165) is 24.5 Å². The molecule has 6 nitrogen and oxygen atoms in total. The Morgan fingerprint density at radius 2 is 1.64 bits per heavy atom. The van der Waals surface area contributed by atoms with Crippen LogP contribution in [0.15, 0.2) is 48.5 Å². The summed E-state index contributed by atoms with van der Waals surface area (Å²) in [7, 11) is 1.65. The second-order valence-corrected chi connectivity index (χ2v) is 6.96. The monoisotopic (exact) mass is 383 g/mol. The highest BCUT2D eigenvalue weighted by Gasteiger charge is 2.43. The third-order valence-corrected chi connectivity index (χ3v) is 5.39. The Morgan fingerprint density at radius 3 is 2.32 bits per heavy atom. The molecular weight excluding hydrogens is 361 g/mol. The number of benzene rings is 2. The number of ether oxygens (including phenoxy) is 1. The highest BCUT2D eigenvalue weighted by Crippen LogP contribution is 2.30. The third kappa shape index (κ3) is 3.33. The zero-order valence-corrected chi connectivity index (χ0v) is 15.7. The smallest absolute Gasteiger partial charge is 0.251 e. The molecule has 0 N–H and O–H groups in total. The fourth-order valence-corrected chi connectivity index (χ4v) is 3.93. The fourth-order valence-electron chi connectivity index (χ4n) is 3.93. The van der Waals surface area contributed by atoms with Gasteiger partial charge < -0.3 is 9.64 Å². The zero-order valence-electron chi connectivity index (χ0n) is 15.7. The molecule has 28 heavy (non-hydrogen) atoms. The molecule has 2 aromatic rings. The molecule has 2 amide bonds. The van der Waals surface area contributed by atoms with E-state index in [-0.39, 0.29) is 18.2 Å². The van der Waals surface area contributed by atoms with E-state index in [0.29, 0.717) is 18.8 Å². The number of methoxy groups -OCH3 is 1. The molecule has 2 fully saturated rings. The van der Waals surface area contributed by atoms with E-state index in [1.165, 1.54) is 29.2 Å². The Balaban J connectivity index is 1.44. The summed E-state index contributed by atoms with van der Waals surface area (Å²) in [6.07, 6.45) is 0.158. The summed E-state index contributed by atoms with van der Waals surface area (Å²) in [6.45, 7) is 2.85. The average Bonchev–Trinajstić information content (AvgIpc) is 3.03. The van der Waals surface area contributed by atoms with Crippen LogP contribution in [0.4, 0.5) is 15.8 Å². The van der Waals surface area contributed by atoms with E-state index in [4.69, 9.17) is 4.74 Å². The van der Waals surface area contributed by atoms with Gasteiger partial charge in [-0.05, 0) is 36.4 Å². The number of anilines is 2. The van der Waals surface area contributed by atoms with E-state index >= 15 is 0 Å². The molecule has 0 unspecified atom stereocenters. The van der Waals surface area contributed by atoms with Gasteiger partial charge in [0.25, 0.3) is 5.91 Å². The first-order valence-electron chi connectivity index (χ1n) is 9.33. The molecule has 0 aliphatic carbocycles. The number of hydrogen-bond donors (Lipinski definition) is 0. The molecule has 1 atom stereocenters. The molecule has 0 aromatic heterocycles. The van der Waals surface area contributed by atoms with Crippen LogP contribution in [-0.4, -0.2) is 56.0 Å². The Bertz CT molecular complexity index is 879. The molecule has 0 radical (unpaired) electrons. The predicted octanol–water partition coefficient (Wildman–Crippen LogP) is 2.29. The number of rotatable bonds is 4. The Labute approximate surface area is 163 Å². The summed E-state index contributed by atoms with van der Waals surface area (Å²) in [4.78, 5) is 30.8. The van der Waals surface area contributed by atoms with Gasteiger partial charge in [-0.2, -0.15) is 0 Å². The van der Waals surface area contributed by atoms with Crippen LogP contribution in [-0.2, 0) is 9.59 Å². The van der Waals surface area contributed by atoms with Gasteiger partial charge in [-0.1, -0.05) is 12.1 Å². The second-order valence-electron chi connectivity index (χ2n) is 6.96. The van der Waals surface area contributed by atoms with Crippen molar-refractivity contribution in [1.29, 1.82) is 0 Å². The van der Waals surface area contributed by atoms with Gasteiger partial charge in [-0.25, -0.2) is 9.29 Å². The number of nitrogens with zero attached hydrogens (tertiary/aromatic N) is 3. The predicted molar refractivity (Wildman–Crippen MR) is 104 cm³/mol. The molecule has 0 spiro atoms. The lowest BCUT2D eigenvalue weighted by molar-refractivity contribution is -0.123. The lowest BCUT2D eigenvalue weighted by Gasteiger charge is -2.38. The van der Waals surface area contributed by atoms with Gasteiger partial charge in [-0.3, -0.25) is 14.5 Å². The van der Waals surface area contributed by atoms with Gasteiger partial charge >= 0.3 is 0 Å². The lowest BCUT2D eigenvalue weighted by Crippen LogP contribution is -2.52. The van der Waals surface area contributed by atoms with Crippen LogP contribution in [0.25, 0.3) is 0 Å².